The van der Waals surface area contributed by atoms with Crippen LogP contribution in [-0.2, 0) is 10.0 Å². The van der Waals surface area contributed by atoms with Crippen molar-refractivity contribution in [2.45, 2.75) is 38.0 Å². The van der Waals surface area contributed by atoms with E-state index in [1.165, 1.54) is 12.8 Å². The van der Waals surface area contributed by atoms with Crippen molar-refractivity contribution in [2.24, 2.45) is 5.73 Å². The van der Waals surface area contributed by atoms with Gasteiger partial charge in [0.25, 0.3) is 5.91 Å². The number of rotatable bonds is 8. The largest absolute Gasteiger partial charge is 0.366 e. The lowest BCUT2D eigenvalue weighted by Crippen LogP contribution is -2.39. The Labute approximate surface area is 199 Å². The first-order chi connectivity index (χ1) is 16.4. The number of H-pyrrole nitrogens is 2. The summed E-state index contributed by atoms with van der Waals surface area (Å²) in [5, 5.41) is 7.78. The zero-order valence-electron chi connectivity index (χ0n) is 19.3. The molecular formula is C24H32N6O3S. The molecule has 0 atom stereocenters. The molecule has 0 spiro atoms. The summed E-state index contributed by atoms with van der Waals surface area (Å²) in [6.45, 7) is 4.10. The van der Waals surface area contributed by atoms with Crippen LogP contribution in [0.5, 0.6) is 0 Å². The standard InChI is InChI=1S/C24H32N6O3S/c25-24(31)21-13-18(19-14-27-28-15-19)12-20-22(16-26-23(20)21)17-4-9-30(10-5-17)34(32,33)11-3-8-29-6-1-2-7-29/h12-17,26H,1-11H2,(H2,25,31)(H,27,28). The summed E-state index contributed by atoms with van der Waals surface area (Å²) in [5.74, 6) is -0.0548. The molecule has 34 heavy (non-hydrogen) atoms. The van der Waals surface area contributed by atoms with Crippen molar-refractivity contribution in [1.82, 2.24) is 24.4 Å². The van der Waals surface area contributed by atoms with Gasteiger partial charge in [0, 0.05) is 36.4 Å². The smallest absolute Gasteiger partial charge is 0.250 e. The quantitative estimate of drug-likeness (QED) is 0.453. The summed E-state index contributed by atoms with van der Waals surface area (Å²) < 4.78 is 27.5. The summed E-state index contributed by atoms with van der Waals surface area (Å²) in [6, 6.07) is 3.84. The molecule has 2 saturated heterocycles. The van der Waals surface area contributed by atoms with Crippen LogP contribution in [0.25, 0.3) is 22.0 Å². The van der Waals surface area contributed by atoms with E-state index < -0.39 is 15.9 Å². The van der Waals surface area contributed by atoms with Gasteiger partial charge in [-0.05, 0) is 80.9 Å². The minimum Gasteiger partial charge on any atom is -0.366 e. The zero-order valence-corrected chi connectivity index (χ0v) is 20.1. The molecule has 0 bridgehead atoms. The average molecular weight is 485 g/mol. The lowest BCUT2D eigenvalue weighted by molar-refractivity contribution is 0.100. The SMILES string of the molecule is NC(=O)c1cc(-c2cn[nH]c2)cc2c(C3CCN(S(=O)(=O)CCCN4CCCC4)CC3)c[nH]c12. The minimum atomic E-state index is -3.24. The molecule has 3 aromatic rings. The molecule has 0 aliphatic carbocycles. The molecule has 1 amide bonds. The van der Waals surface area contributed by atoms with Gasteiger partial charge in [-0.2, -0.15) is 5.10 Å². The van der Waals surface area contributed by atoms with Crippen molar-refractivity contribution in [1.29, 1.82) is 0 Å². The number of aromatic amines is 2. The fourth-order valence-corrected chi connectivity index (χ4v) is 6.93. The van der Waals surface area contributed by atoms with Crippen molar-refractivity contribution in [3.63, 3.8) is 0 Å². The molecule has 9 nitrogen and oxygen atoms in total. The molecule has 182 valence electrons. The van der Waals surface area contributed by atoms with Crippen LogP contribution in [0.1, 0.15) is 53.9 Å². The normalized spacial score (nSPS) is 18.7. The van der Waals surface area contributed by atoms with Gasteiger partial charge >= 0.3 is 0 Å². The first-order valence-electron chi connectivity index (χ1n) is 12.1. The molecule has 0 radical (unpaired) electrons. The number of piperidine rings is 1. The van der Waals surface area contributed by atoms with Crippen molar-refractivity contribution in [3.8, 4) is 11.1 Å². The van der Waals surface area contributed by atoms with E-state index in [0.717, 1.165) is 60.1 Å². The van der Waals surface area contributed by atoms with Crippen LogP contribution >= 0.6 is 0 Å². The van der Waals surface area contributed by atoms with Crippen molar-refractivity contribution in [3.05, 3.63) is 41.9 Å². The van der Waals surface area contributed by atoms with Crippen molar-refractivity contribution in [2.75, 3.05) is 38.5 Å². The van der Waals surface area contributed by atoms with Gasteiger partial charge in [0.1, 0.15) is 0 Å². The highest BCUT2D eigenvalue weighted by molar-refractivity contribution is 7.89. The summed E-state index contributed by atoms with van der Waals surface area (Å²) in [5.41, 5.74) is 9.70. The lowest BCUT2D eigenvalue weighted by atomic mass is 9.88. The number of sulfonamides is 1. The number of nitrogens with zero attached hydrogens (tertiary/aromatic N) is 3. The number of amides is 1. The van der Waals surface area contributed by atoms with E-state index in [1.807, 2.05) is 6.20 Å². The fraction of sp³-hybridized carbons (Fsp3) is 0.500. The molecule has 4 heterocycles. The summed E-state index contributed by atoms with van der Waals surface area (Å²) in [7, 11) is -3.24. The number of hydrogen-bond donors (Lipinski definition) is 3. The number of fused-ring (bicyclic) bond motifs is 1. The van der Waals surface area contributed by atoms with Crippen LogP contribution in [0.4, 0.5) is 0 Å². The predicted octanol–water partition coefficient (Wildman–Crippen LogP) is 2.65. The predicted molar refractivity (Wildman–Crippen MR) is 132 cm³/mol. The van der Waals surface area contributed by atoms with Crippen molar-refractivity contribution >= 4 is 26.8 Å². The number of carbonyl (C=O) groups excluding carboxylic acids is 1. The van der Waals surface area contributed by atoms with Crippen LogP contribution in [0.3, 0.4) is 0 Å². The molecule has 1 aromatic carbocycles. The van der Waals surface area contributed by atoms with Gasteiger partial charge in [0.2, 0.25) is 10.0 Å². The van der Waals surface area contributed by atoms with Crippen LogP contribution in [0.2, 0.25) is 0 Å². The van der Waals surface area contributed by atoms with Crippen LogP contribution < -0.4 is 5.73 Å². The highest BCUT2D eigenvalue weighted by atomic mass is 32.2. The first kappa shape index (κ1) is 23.1. The van der Waals surface area contributed by atoms with Gasteiger partial charge in [0.05, 0.1) is 23.0 Å². The molecule has 10 heteroatoms. The Hall–Kier alpha value is -2.69. The molecule has 0 unspecified atom stereocenters. The number of primary amides is 1. The van der Waals surface area contributed by atoms with Gasteiger partial charge in [-0.25, -0.2) is 12.7 Å². The van der Waals surface area contributed by atoms with Crippen LogP contribution in [0.15, 0.2) is 30.7 Å². The van der Waals surface area contributed by atoms with E-state index in [1.54, 1.807) is 22.8 Å². The summed E-state index contributed by atoms with van der Waals surface area (Å²) in [4.78, 5) is 17.7. The molecule has 2 aromatic heterocycles. The fourth-order valence-electron chi connectivity index (χ4n) is 5.41. The third kappa shape index (κ3) is 4.62. The van der Waals surface area contributed by atoms with Crippen molar-refractivity contribution < 1.29 is 13.2 Å². The second-order valence-electron chi connectivity index (χ2n) is 9.43. The van der Waals surface area contributed by atoms with E-state index in [9.17, 15) is 13.2 Å². The molecule has 4 N–H and O–H groups in total. The maximum Gasteiger partial charge on any atom is 0.250 e. The number of nitrogens with one attached hydrogen (secondary N) is 2. The van der Waals surface area contributed by atoms with E-state index in [-0.39, 0.29) is 11.7 Å². The number of likely N-dealkylation sites (tertiary alicyclic amines) is 1. The van der Waals surface area contributed by atoms with Gasteiger partial charge in [-0.15, -0.1) is 0 Å². The van der Waals surface area contributed by atoms with Gasteiger partial charge in [0.15, 0.2) is 0 Å². The second kappa shape index (κ2) is 9.52. The minimum absolute atomic E-state index is 0.213. The second-order valence-corrected chi connectivity index (χ2v) is 11.5. The van der Waals surface area contributed by atoms with E-state index in [2.05, 4.69) is 26.1 Å². The van der Waals surface area contributed by atoms with Crippen LogP contribution in [-0.4, -0.2) is 77.2 Å². The molecule has 2 aliphatic heterocycles. The highest BCUT2D eigenvalue weighted by Gasteiger charge is 2.30. The Bertz CT molecular complexity index is 1250. The molecule has 0 saturated carbocycles. The third-order valence-corrected chi connectivity index (χ3v) is 9.24. The number of benzene rings is 1. The lowest BCUT2D eigenvalue weighted by Gasteiger charge is -2.31. The maximum atomic E-state index is 12.9. The number of hydrogen-bond acceptors (Lipinski definition) is 5. The van der Waals surface area contributed by atoms with Crippen LogP contribution in [0, 0.1) is 0 Å². The van der Waals surface area contributed by atoms with Gasteiger partial charge in [-0.3, -0.25) is 9.89 Å². The number of nitrogens with two attached hydrogens (primary N) is 1. The molecule has 5 rings (SSSR count). The molecule has 2 aliphatic rings. The van der Waals surface area contributed by atoms with E-state index >= 15 is 0 Å². The Morgan fingerprint density at radius 1 is 1.09 bits per heavy atom. The zero-order chi connectivity index (χ0) is 23.7. The maximum absolute atomic E-state index is 12.9. The summed E-state index contributed by atoms with van der Waals surface area (Å²) >= 11 is 0. The Balaban J connectivity index is 1.30. The third-order valence-electron chi connectivity index (χ3n) is 7.28. The van der Waals surface area contributed by atoms with E-state index in [0.29, 0.717) is 25.1 Å². The number of aromatic nitrogens is 3. The topological polar surface area (TPSA) is 128 Å². The van der Waals surface area contributed by atoms with Gasteiger partial charge in [-0.1, -0.05) is 0 Å². The monoisotopic (exact) mass is 484 g/mol. The Kier molecular flexibility index (Phi) is 6.46. The molecular weight excluding hydrogens is 452 g/mol. The van der Waals surface area contributed by atoms with E-state index in [4.69, 9.17) is 5.73 Å². The van der Waals surface area contributed by atoms with Gasteiger partial charge < -0.3 is 15.6 Å². The summed E-state index contributed by atoms with van der Waals surface area (Å²) in [6.07, 6.45) is 10.1. The first-order valence-corrected chi connectivity index (χ1v) is 13.7. The average Bonchev–Trinajstić information content (AvgIpc) is 3.60. The molecule has 2 fully saturated rings. The Morgan fingerprint density at radius 3 is 2.53 bits per heavy atom. The Morgan fingerprint density at radius 2 is 1.85 bits per heavy atom. The highest BCUT2D eigenvalue weighted by Crippen LogP contribution is 2.37. The number of carbonyl (C=O) groups is 1.